The Labute approximate surface area is 231 Å². The second-order valence-electron chi connectivity index (χ2n) is 11.1. The first kappa shape index (κ1) is 27.6. The molecular weight excluding hydrogens is 516 g/mol. The molecule has 0 atom stereocenters. The number of carbonyl (C=O) groups excluding carboxylic acids is 2. The largest absolute Gasteiger partial charge is 0.449 e. The number of alkyl halides is 2. The van der Waals surface area contributed by atoms with E-state index in [0.29, 0.717) is 30.1 Å². The quantitative estimate of drug-likeness (QED) is 0.334. The summed E-state index contributed by atoms with van der Waals surface area (Å²) < 4.78 is 31.9. The number of benzene rings is 2. The number of nitrogens with zero attached hydrogens (tertiary/aromatic N) is 2. The molecule has 1 aromatic heterocycles. The summed E-state index contributed by atoms with van der Waals surface area (Å²) in [5, 5.41) is 11.6. The van der Waals surface area contributed by atoms with Gasteiger partial charge in [0, 0.05) is 30.4 Å². The van der Waals surface area contributed by atoms with Crippen molar-refractivity contribution in [2.24, 2.45) is 23.3 Å². The highest BCUT2D eigenvalue weighted by Crippen LogP contribution is 2.50. The molecule has 5 N–H and O–H groups in total. The van der Waals surface area contributed by atoms with Gasteiger partial charge < -0.3 is 21.5 Å². The minimum absolute atomic E-state index is 0.132. The van der Waals surface area contributed by atoms with Gasteiger partial charge in [0.25, 0.3) is 5.92 Å². The Balaban J connectivity index is 1.28. The van der Waals surface area contributed by atoms with Crippen molar-refractivity contribution in [3.8, 4) is 22.4 Å². The smallest absolute Gasteiger partial charge is 0.404 e. The third kappa shape index (κ3) is 6.44. The van der Waals surface area contributed by atoms with Crippen molar-refractivity contribution in [1.29, 1.82) is 0 Å². The van der Waals surface area contributed by atoms with Gasteiger partial charge in [0.2, 0.25) is 5.91 Å². The van der Waals surface area contributed by atoms with Gasteiger partial charge in [0.15, 0.2) is 5.82 Å². The van der Waals surface area contributed by atoms with Crippen molar-refractivity contribution in [2.75, 3.05) is 11.9 Å². The van der Waals surface area contributed by atoms with Crippen molar-refractivity contribution >= 4 is 17.8 Å². The normalized spacial score (nSPS) is 21.2. The second kappa shape index (κ2) is 11.3. The topological polar surface area (TPSA) is 133 Å². The lowest BCUT2D eigenvalue weighted by atomic mass is 9.70. The molecule has 2 aliphatic rings. The summed E-state index contributed by atoms with van der Waals surface area (Å²) in [4.78, 5) is 23.7. The molecule has 0 saturated heterocycles. The molecular formula is C30H33F2N5O3. The zero-order chi connectivity index (χ0) is 28.3. The molecule has 2 amide bonds. The fourth-order valence-electron chi connectivity index (χ4n) is 5.80. The molecule has 2 saturated carbocycles. The van der Waals surface area contributed by atoms with Crippen molar-refractivity contribution in [3.05, 3.63) is 66.2 Å². The number of hydrogen-bond donors (Lipinski definition) is 3. The van der Waals surface area contributed by atoms with Crippen LogP contribution < -0.4 is 16.8 Å². The molecule has 210 valence electrons. The molecule has 1 heterocycles. The molecule has 2 fully saturated rings. The highest BCUT2D eigenvalue weighted by molar-refractivity contribution is 5.91. The number of halogens is 2. The fraction of sp³-hybridized carbons (Fsp3) is 0.400. The van der Waals surface area contributed by atoms with Crippen LogP contribution in [0.3, 0.4) is 0 Å². The van der Waals surface area contributed by atoms with Gasteiger partial charge >= 0.3 is 6.09 Å². The maximum atomic E-state index is 13.5. The van der Waals surface area contributed by atoms with E-state index in [9.17, 15) is 18.4 Å². The number of hydrogen-bond acceptors (Lipinski definition) is 6. The molecule has 0 radical (unpaired) electrons. The standard InChI is InChI=1S/C30H33F2N5O3/c31-30(32)17-29(34,18-30)23-12-10-22(11-13-23)27-24(21-4-2-1-3-5-21)15-25(36-37-27)35-26(38)14-19-6-8-20(9-7-19)16-40-28(33)39/h1-5,10-13,15,19-20H,6-9,14,16-18,34H2,(H2,33,39)(H,35,36,38)/t19-,20-. The van der Waals surface area contributed by atoms with Crippen LogP contribution in [0.25, 0.3) is 22.4 Å². The summed E-state index contributed by atoms with van der Waals surface area (Å²) in [6.45, 7) is 0.324. The summed E-state index contributed by atoms with van der Waals surface area (Å²) in [5.41, 5.74) is 13.9. The monoisotopic (exact) mass is 549 g/mol. The van der Waals surface area contributed by atoms with E-state index in [1.165, 1.54) is 0 Å². The van der Waals surface area contributed by atoms with Crippen LogP contribution in [0.2, 0.25) is 0 Å². The summed E-state index contributed by atoms with van der Waals surface area (Å²) in [6.07, 6.45) is 2.38. The minimum atomic E-state index is -2.72. The number of primary amides is 1. The van der Waals surface area contributed by atoms with Gasteiger partial charge in [-0.05, 0) is 54.7 Å². The predicted octanol–water partition coefficient (Wildman–Crippen LogP) is 5.62. The molecule has 2 aliphatic carbocycles. The lowest BCUT2D eigenvalue weighted by molar-refractivity contribution is -0.125. The molecule has 3 aromatic rings. The molecule has 8 nitrogen and oxygen atoms in total. The number of aromatic nitrogens is 2. The van der Waals surface area contributed by atoms with Crippen LogP contribution >= 0.6 is 0 Å². The second-order valence-corrected chi connectivity index (χ2v) is 11.1. The van der Waals surface area contributed by atoms with Gasteiger partial charge in [-0.15, -0.1) is 10.2 Å². The molecule has 10 heteroatoms. The Bertz CT molecular complexity index is 1350. The summed E-state index contributed by atoms with van der Waals surface area (Å²) in [5.74, 6) is -1.98. The zero-order valence-electron chi connectivity index (χ0n) is 22.1. The highest BCUT2D eigenvalue weighted by Gasteiger charge is 2.55. The average molecular weight is 550 g/mol. The molecule has 2 aromatic carbocycles. The van der Waals surface area contributed by atoms with E-state index < -0.39 is 17.6 Å². The molecule has 40 heavy (non-hydrogen) atoms. The fourth-order valence-corrected chi connectivity index (χ4v) is 5.80. The number of anilines is 1. The number of amides is 2. The van der Waals surface area contributed by atoms with E-state index in [0.717, 1.165) is 42.4 Å². The summed E-state index contributed by atoms with van der Waals surface area (Å²) in [6, 6.07) is 18.6. The lowest BCUT2D eigenvalue weighted by Crippen LogP contribution is -2.55. The molecule has 5 rings (SSSR count). The Kier molecular flexibility index (Phi) is 7.80. The van der Waals surface area contributed by atoms with Gasteiger partial charge in [0.1, 0.15) is 5.69 Å². The number of ether oxygens (including phenoxy) is 1. The third-order valence-corrected chi connectivity index (χ3v) is 7.93. The SMILES string of the molecule is NC(=O)OC[C@H]1CC[C@H](CC(=O)Nc2cc(-c3ccccc3)c(-c3ccc(C4(N)CC(F)(F)C4)cc3)nn2)CC1. The molecule has 0 aliphatic heterocycles. The lowest BCUT2D eigenvalue weighted by Gasteiger charge is -2.44. The first-order valence-electron chi connectivity index (χ1n) is 13.5. The number of nitrogens with one attached hydrogen (secondary N) is 1. The van der Waals surface area contributed by atoms with Crippen LogP contribution in [-0.2, 0) is 15.1 Å². The predicted molar refractivity (Wildman–Crippen MR) is 147 cm³/mol. The first-order chi connectivity index (χ1) is 19.1. The van der Waals surface area contributed by atoms with Crippen molar-refractivity contribution in [3.63, 3.8) is 0 Å². The van der Waals surface area contributed by atoms with Gasteiger partial charge in [0.05, 0.1) is 12.1 Å². The van der Waals surface area contributed by atoms with E-state index in [2.05, 4.69) is 15.5 Å². The van der Waals surface area contributed by atoms with Crippen LogP contribution in [0.1, 0.15) is 50.5 Å². The van der Waals surface area contributed by atoms with E-state index in [4.69, 9.17) is 16.2 Å². The van der Waals surface area contributed by atoms with Gasteiger partial charge in [-0.1, -0.05) is 54.6 Å². The van der Waals surface area contributed by atoms with Crippen LogP contribution in [-0.4, -0.2) is 34.7 Å². The molecule has 0 spiro atoms. The number of nitrogens with two attached hydrogens (primary N) is 2. The minimum Gasteiger partial charge on any atom is -0.449 e. The maximum absolute atomic E-state index is 13.5. The summed E-state index contributed by atoms with van der Waals surface area (Å²) >= 11 is 0. The van der Waals surface area contributed by atoms with Crippen molar-refractivity contribution in [1.82, 2.24) is 10.2 Å². The Morgan fingerprint density at radius 3 is 2.20 bits per heavy atom. The first-order valence-corrected chi connectivity index (χ1v) is 13.5. The van der Waals surface area contributed by atoms with Crippen molar-refractivity contribution in [2.45, 2.75) is 56.4 Å². The van der Waals surface area contributed by atoms with Gasteiger partial charge in [-0.25, -0.2) is 13.6 Å². The Morgan fingerprint density at radius 2 is 1.57 bits per heavy atom. The number of carbonyl (C=O) groups is 2. The van der Waals surface area contributed by atoms with Gasteiger partial charge in [-0.3, -0.25) is 4.79 Å². The third-order valence-electron chi connectivity index (χ3n) is 7.93. The Morgan fingerprint density at radius 1 is 0.925 bits per heavy atom. The van der Waals surface area contributed by atoms with E-state index in [1.807, 2.05) is 42.5 Å². The van der Waals surface area contributed by atoms with Crippen LogP contribution in [0.4, 0.5) is 19.4 Å². The van der Waals surface area contributed by atoms with Crippen LogP contribution in [0, 0.1) is 11.8 Å². The Hall–Kier alpha value is -3.92. The van der Waals surface area contributed by atoms with E-state index in [1.54, 1.807) is 18.2 Å². The van der Waals surface area contributed by atoms with Crippen LogP contribution in [0.5, 0.6) is 0 Å². The van der Waals surface area contributed by atoms with Gasteiger partial charge in [-0.2, -0.15) is 0 Å². The van der Waals surface area contributed by atoms with E-state index in [-0.39, 0.29) is 30.6 Å². The van der Waals surface area contributed by atoms with E-state index >= 15 is 0 Å². The van der Waals surface area contributed by atoms with Crippen LogP contribution in [0.15, 0.2) is 60.7 Å². The summed E-state index contributed by atoms with van der Waals surface area (Å²) in [7, 11) is 0. The van der Waals surface area contributed by atoms with Crippen molar-refractivity contribution < 1.29 is 23.1 Å². The maximum Gasteiger partial charge on any atom is 0.404 e. The highest BCUT2D eigenvalue weighted by atomic mass is 19.3. The zero-order valence-corrected chi connectivity index (χ0v) is 22.1. The average Bonchev–Trinajstić information content (AvgIpc) is 2.92. The molecule has 0 unspecified atom stereocenters. The number of rotatable bonds is 8. The molecule has 0 bridgehead atoms.